The van der Waals surface area contributed by atoms with E-state index >= 15 is 0 Å². The summed E-state index contributed by atoms with van der Waals surface area (Å²) in [6, 6.07) is -1.95. The lowest BCUT2D eigenvalue weighted by Gasteiger charge is -2.47. The van der Waals surface area contributed by atoms with Crippen LogP contribution in [0.25, 0.3) is 0 Å². The van der Waals surface area contributed by atoms with Gasteiger partial charge in [-0.2, -0.15) is 12.6 Å². The van der Waals surface area contributed by atoms with E-state index in [1.54, 1.807) is 6.92 Å². The summed E-state index contributed by atoms with van der Waals surface area (Å²) >= 11 is 4.02. The van der Waals surface area contributed by atoms with Gasteiger partial charge in [-0.05, 0) is 5.75 Å². The predicted octanol–water partition coefficient (Wildman–Crippen LogP) is -3.06. The monoisotopic (exact) mass is 440 g/mol. The first kappa shape index (κ1) is 24.7. The number of hydrogen-bond acceptors (Lipinski definition) is 11. The van der Waals surface area contributed by atoms with E-state index in [1.807, 2.05) is 0 Å². The van der Waals surface area contributed by atoms with Crippen LogP contribution in [-0.4, -0.2) is 108 Å². The molecule has 7 N–H and O–H groups in total. The molecule has 0 aromatic carbocycles. The van der Waals surface area contributed by atoms with Crippen molar-refractivity contribution in [1.29, 1.82) is 0 Å². The minimum atomic E-state index is -1.28. The summed E-state index contributed by atoms with van der Waals surface area (Å²) in [7, 11) is 1.35. The largest absolute Gasteiger partial charge is 0.394 e. The Balaban J connectivity index is 2.23. The van der Waals surface area contributed by atoms with Crippen LogP contribution >= 0.6 is 12.6 Å². The number of carbonyl (C=O) groups excluding carboxylic acids is 1. The number of ether oxygens (including phenoxy) is 4. The van der Waals surface area contributed by atoms with Crippen molar-refractivity contribution >= 4 is 18.5 Å². The maximum absolute atomic E-state index is 12.1. The van der Waals surface area contributed by atoms with Crippen molar-refractivity contribution in [3.8, 4) is 0 Å². The molecule has 0 aliphatic carbocycles. The van der Waals surface area contributed by atoms with Crippen LogP contribution in [0.3, 0.4) is 0 Å². The van der Waals surface area contributed by atoms with Crippen molar-refractivity contribution < 1.29 is 44.2 Å². The fourth-order valence-electron chi connectivity index (χ4n) is 3.55. The Morgan fingerprint density at radius 2 is 1.76 bits per heavy atom. The first-order chi connectivity index (χ1) is 13.8. The third-order valence-electron chi connectivity index (χ3n) is 5.37. The van der Waals surface area contributed by atoms with Crippen molar-refractivity contribution in [1.82, 2.24) is 5.32 Å². The lowest BCUT2D eigenvalue weighted by molar-refractivity contribution is -0.323. The number of rotatable bonds is 8. The molecule has 2 fully saturated rings. The fourth-order valence-corrected chi connectivity index (χ4v) is 3.75. The van der Waals surface area contributed by atoms with Crippen molar-refractivity contribution in [3.05, 3.63) is 0 Å². The molecule has 170 valence electrons. The predicted molar refractivity (Wildman–Crippen MR) is 103 cm³/mol. The SMILES string of the molecule is COC1OC(CO)C(OC2OC(CO)C(C)C(O)C2NC(=O)CCS)C(O)C1N. The van der Waals surface area contributed by atoms with Crippen molar-refractivity contribution in [2.75, 3.05) is 26.1 Å². The molecule has 0 spiro atoms. The van der Waals surface area contributed by atoms with Crippen LogP contribution in [0.15, 0.2) is 0 Å². The van der Waals surface area contributed by atoms with Crippen LogP contribution in [0.4, 0.5) is 0 Å². The number of methoxy groups -OCH3 is 1. The highest BCUT2D eigenvalue weighted by Gasteiger charge is 2.50. The van der Waals surface area contributed by atoms with Crippen LogP contribution in [-0.2, 0) is 23.7 Å². The van der Waals surface area contributed by atoms with Crippen LogP contribution in [0.2, 0.25) is 0 Å². The summed E-state index contributed by atoms with van der Waals surface area (Å²) in [5.41, 5.74) is 5.93. The number of carbonyl (C=O) groups is 1. The molecule has 11 nitrogen and oxygen atoms in total. The van der Waals surface area contributed by atoms with Gasteiger partial charge in [0.1, 0.15) is 24.4 Å². The lowest BCUT2D eigenvalue weighted by atomic mass is 9.89. The Bertz CT molecular complexity index is 529. The number of aliphatic hydroxyl groups is 4. The molecule has 0 aromatic heterocycles. The molecule has 1 amide bonds. The molecule has 2 aliphatic heterocycles. The van der Waals surface area contributed by atoms with Gasteiger partial charge < -0.3 is 50.4 Å². The molecule has 0 bridgehead atoms. The van der Waals surface area contributed by atoms with E-state index in [9.17, 15) is 25.2 Å². The average Bonchev–Trinajstić information content (AvgIpc) is 2.71. The first-order valence-electron chi connectivity index (χ1n) is 9.51. The zero-order chi connectivity index (χ0) is 21.7. The maximum atomic E-state index is 12.1. The molecule has 2 rings (SSSR count). The van der Waals surface area contributed by atoms with E-state index in [4.69, 9.17) is 24.7 Å². The second-order valence-electron chi connectivity index (χ2n) is 7.27. The first-order valence-corrected chi connectivity index (χ1v) is 10.1. The lowest BCUT2D eigenvalue weighted by Crippen LogP contribution is -2.67. The third kappa shape index (κ3) is 5.58. The molecule has 12 heteroatoms. The Labute approximate surface area is 174 Å². The molecular weight excluding hydrogens is 408 g/mol. The quantitative estimate of drug-likeness (QED) is 0.192. The topological polar surface area (TPSA) is 173 Å². The minimum Gasteiger partial charge on any atom is -0.394 e. The molecular formula is C17H32N2O9S. The van der Waals surface area contributed by atoms with Gasteiger partial charge in [0, 0.05) is 19.4 Å². The number of amides is 1. The molecule has 0 radical (unpaired) electrons. The van der Waals surface area contributed by atoms with Gasteiger partial charge in [-0.25, -0.2) is 0 Å². The Kier molecular flexibility index (Phi) is 9.54. The van der Waals surface area contributed by atoms with E-state index in [1.165, 1.54) is 7.11 Å². The maximum Gasteiger partial charge on any atom is 0.221 e. The molecule has 10 atom stereocenters. The van der Waals surface area contributed by atoms with Gasteiger partial charge in [0.05, 0.1) is 31.5 Å². The summed E-state index contributed by atoms with van der Waals surface area (Å²) in [5, 5.41) is 43.2. The Hall–Kier alpha value is -0.540. The van der Waals surface area contributed by atoms with Gasteiger partial charge >= 0.3 is 0 Å². The minimum absolute atomic E-state index is 0.117. The van der Waals surface area contributed by atoms with Crippen LogP contribution in [0.1, 0.15) is 13.3 Å². The number of nitrogens with one attached hydrogen (secondary N) is 1. The second kappa shape index (κ2) is 11.2. The Morgan fingerprint density at radius 1 is 1.14 bits per heavy atom. The highest BCUT2D eigenvalue weighted by atomic mass is 32.1. The van der Waals surface area contributed by atoms with Gasteiger partial charge in [0.2, 0.25) is 5.91 Å². The standard InChI is InChI=1S/C17H32N2O9S/c1-7-8(5-20)26-17(12(13(7)23)19-10(22)3-4-29)28-15-9(6-21)27-16(25-2)11(18)14(15)24/h7-9,11-17,20-21,23-24,29H,3-6,18H2,1-2H3,(H,19,22). The molecule has 29 heavy (non-hydrogen) atoms. The van der Waals surface area contributed by atoms with Gasteiger partial charge in [-0.15, -0.1) is 0 Å². The van der Waals surface area contributed by atoms with E-state index in [-0.39, 0.29) is 18.9 Å². The third-order valence-corrected chi connectivity index (χ3v) is 5.59. The number of nitrogens with two attached hydrogens (primary N) is 1. The number of thiol groups is 1. The van der Waals surface area contributed by atoms with Crippen molar-refractivity contribution in [2.45, 2.75) is 68.5 Å². The summed E-state index contributed by atoms with van der Waals surface area (Å²) in [5.74, 6) is -0.557. The van der Waals surface area contributed by atoms with E-state index < -0.39 is 67.7 Å². The molecule has 2 heterocycles. The Morgan fingerprint density at radius 3 is 2.31 bits per heavy atom. The highest BCUT2D eigenvalue weighted by molar-refractivity contribution is 7.80. The van der Waals surface area contributed by atoms with Crippen LogP contribution in [0.5, 0.6) is 0 Å². The molecule has 2 aliphatic rings. The number of aliphatic hydroxyl groups excluding tert-OH is 4. The van der Waals surface area contributed by atoms with Gasteiger partial charge in [-0.3, -0.25) is 4.79 Å². The summed E-state index contributed by atoms with van der Waals surface area (Å²) in [4.78, 5) is 12.1. The van der Waals surface area contributed by atoms with E-state index in [0.29, 0.717) is 5.75 Å². The van der Waals surface area contributed by atoms with Gasteiger partial charge in [-0.1, -0.05) is 6.92 Å². The normalized spacial score (nSPS) is 43.2. The zero-order valence-corrected chi connectivity index (χ0v) is 17.4. The smallest absolute Gasteiger partial charge is 0.221 e. The molecule has 0 saturated carbocycles. The fraction of sp³-hybridized carbons (Fsp3) is 0.941. The molecule has 10 unspecified atom stereocenters. The van der Waals surface area contributed by atoms with Crippen LogP contribution in [0, 0.1) is 5.92 Å². The van der Waals surface area contributed by atoms with Crippen LogP contribution < -0.4 is 11.1 Å². The molecule has 0 aromatic rings. The van der Waals surface area contributed by atoms with Crippen molar-refractivity contribution in [2.24, 2.45) is 11.7 Å². The second-order valence-corrected chi connectivity index (χ2v) is 7.72. The molecule has 2 saturated heterocycles. The van der Waals surface area contributed by atoms with Gasteiger partial charge in [0.25, 0.3) is 0 Å². The van der Waals surface area contributed by atoms with Gasteiger partial charge in [0.15, 0.2) is 12.6 Å². The summed E-state index contributed by atoms with van der Waals surface area (Å²) in [6.07, 6.45) is -7.32. The van der Waals surface area contributed by atoms with E-state index in [0.717, 1.165) is 0 Å². The van der Waals surface area contributed by atoms with E-state index in [2.05, 4.69) is 17.9 Å². The summed E-state index contributed by atoms with van der Waals surface area (Å²) < 4.78 is 22.2. The average molecular weight is 441 g/mol. The zero-order valence-electron chi connectivity index (χ0n) is 16.5. The van der Waals surface area contributed by atoms with Crippen molar-refractivity contribution in [3.63, 3.8) is 0 Å². The summed E-state index contributed by atoms with van der Waals surface area (Å²) in [6.45, 7) is 0.793. The highest BCUT2D eigenvalue weighted by Crippen LogP contribution is 2.31. The number of hydrogen-bond donors (Lipinski definition) is 7.